The number of nitrogens with zero attached hydrogens (tertiary/aromatic N) is 1. The number of anilines is 1. The Balaban J connectivity index is 1.70. The molecule has 1 aliphatic carbocycles. The number of aromatic amines is 1. The summed E-state index contributed by atoms with van der Waals surface area (Å²) in [5, 5.41) is 1.19. The number of Topliss-reactive ketones (excluding diaryl/α,β-unsaturated/α-hetero) is 1. The van der Waals surface area contributed by atoms with E-state index < -0.39 is 0 Å². The number of aryl methyl sites for hydroxylation is 2. The van der Waals surface area contributed by atoms with Gasteiger partial charge in [-0.25, -0.2) is 0 Å². The maximum absolute atomic E-state index is 12.9. The first-order chi connectivity index (χ1) is 12.0. The Morgan fingerprint density at radius 3 is 2.52 bits per heavy atom. The molecule has 4 rings (SSSR count). The lowest BCUT2D eigenvalue weighted by atomic mass is 9.89. The Labute approximate surface area is 148 Å². The Morgan fingerprint density at radius 2 is 1.80 bits per heavy atom. The summed E-state index contributed by atoms with van der Waals surface area (Å²) in [6.07, 6.45) is 3.73. The summed E-state index contributed by atoms with van der Waals surface area (Å²) < 4.78 is 0. The minimum absolute atomic E-state index is 0.131. The maximum Gasteiger partial charge on any atom is 0.205 e. The molecule has 0 saturated heterocycles. The van der Waals surface area contributed by atoms with Crippen LogP contribution in [-0.4, -0.2) is 24.9 Å². The van der Waals surface area contributed by atoms with E-state index in [0.717, 1.165) is 40.9 Å². The molecule has 3 heteroatoms. The van der Waals surface area contributed by atoms with Crippen LogP contribution in [0.2, 0.25) is 0 Å². The number of allylic oxidation sites excluding steroid dienone is 1. The number of hydrogen-bond acceptors (Lipinski definition) is 2. The molecule has 0 radical (unpaired) electrons. The minimum Gasteiger partial charge on any atom is -0.378 e. The number of ketones is 1. The van der Waals surface area contributed by atoms with Gasteiger partial charge in [0.05, 0.1) is 5.69 Å². The molecule has 0 amide bonds. The minimum atomic E-state index is 0.131. The molecular weight excluding hydrogens is 308 g/mol. The molecule has 0 fully saturated rings. The summed E-state index contributed by atoms with van der Waals surface area (Å²) in [7, 11) is 4.05. The van der Waals surface area contributed by atoms with Crippen molar-refractivity contribution in [2.75, 3.05) is 19.0 Å². The molecule has 3 aromatic rings. The summed E-state index contributed by atoms with van der Waals surface area (Å²) >= 11 is 0. The number of hydrogen-bond donors (Lipinski definition) is 1. The molecular formula is C22H22N2O. The molecule has 0 aliphatic heterocycles. The fraction of sp³-hybridized carbons (Fsp3) is 0.227. The number of carbonyl (C=O) groups is 1. The fourth-order valence-electron chi connectivity index (χ4n) is 3.56. The smallest absolute Gasteiger partial charge is 0.205 e. The SMILES string of the molecule is Cc1ccc2[nH]c3c(c2c1)CC/C(=C/c1ccc(N(C)C)cc1)C3=O. The highest BCUT2D eigenvalue weighted by Gasteiger charge is 2.25. The maximum atomic E-state index is 12.9. The first kappa shape index (κ1) is 15.7. The Kier molecular flexibility index (Phi) is 3.72. The standard InChI is InChI=1S/C22H22N2O/c1-14-4-11-20-19(12-14)18-10-7-16(22(25)21(18)23-20)13-15-5-8-17(9-6-15)24(2)3/h4-6,8-9,11-13,23H,7,10H2,1-3H3/b16-13-. The van der Waals surface area contributed by atoms with Gasteiger partial charge >= 0.3 is 0 Å². The van der Waals surface area contributed by atoms with Gasteiger partial charge in [0.1, 0.15) is 0 Å². The zero-order chi connectivity index (χ0) is 17.6. The van der Waals surface area contributed by atoms with E-state index in [4.69, 9.17) is 0 Å². The van der Waals surface area contributed by atoms with Crippen molar-refractivity contribution in [3.05, 3.63) is 70.4 Å². The van der Waals surface area contributed by atoms with Gasteiger partial charge in [-0.2, -0.15) is 0 Å². The molecule has 25 heavy (non-hydrogen) atoms. The van der Waals surface area contributed by atoms with Crippen LogP contribution in [-0.2, 0) is 6.42 Å². The highest BCUT2D eigenvalue weighted by molar-refractivity contribution is 6.15. The quantitative estimate of drug-likeness (QED) is 0.688. The Hall–Kier alpha value is -2.81. The Morgan fingerprint density at radius 1 is 1.04 bits per heavy atom. The summed E-state index contributed by atoms with van der Waals surface area (Å²) in [6, 6.07) is 14.6. The van der Waals surface area contributed by atoms with E-state index in [1.807, 2.05) is 20.2 Å². The van der Waals surface area contributed by atoms with E-state index >= 15 is 0 Å². The van der Waals surface area contributed by atoms with Gasteiger partial charge in [0, 0.05) is 36.3 Å². The number of fused-ring (bicyclic) bond motifs is 3. The van der Waals surface area contributed by atoms with Crippen LogP contribution < -0.4 is 4.90 Å². The van der Waals surface area contributed by atoms with Crippen molar-refractivity contribution in [2.24, 2.45) is 0 Å². The highest BCUT2D eigenvalue weighted by Crippen LogP contribution is 2.32. The lowest BCUT2D eigenvalue weighted by molar-refractivity contribution is 0.102. The second-order valence-corrected chi connectivity index (χ2v) is 7.01. The van der Waals surface area contributed by atoms with Crippen LogP contribution in [0.1, 0.15) is 33.6 Å². The predicted octanol–water partition coefficient (Wildman–Crippen LogP) is 4.75. The Bertz CT molecular complexity index is 991. The average Bonchev–Trinajstić information content (AvgIpc) is 2.96. The second-order valence-electron chi connectivity index (χ2n) is 7.01. The molecule has 1 aliphatic rings. The lowest BCUT2D eigenvalue weighted by Crippen LogP contribution is -2.13. The van der Waals surface area contributed by atoms with Gasteiger partial charge in [-0.3, -0.25) is 4.79 Å². The molecule has 3 nitrogen and oxygen atoms in total. The number of aromatic nitrogens is 1. The predicted molar refractivity (Wildman–Crippen MR) is 104 cm³/mol. The van der Waals surface area contributed by atoms with Crippen LogP contribution in [0.15, 0.2) is 48.0 Å². The molecule has 1 N–H and O–H groups in total. The van der Waals surface area contributed by atoms with Gasteiger partial charge in [0.2, 0.25) is 5.78 Å². The van der Waals surface area contributed by atoms with Crippen LogP contribution in [0.4, 0.5) is 5.69 Å². The van der Waals surface area contributed by atoms with E-state index in [1.165, 1.54) is 16.5 Å². The van der Waals surface area contributed by atoms with Gasteiger partial charge in [-0.05, 0) is 61.2 Å². The third-order valence-electron chi connectivity index (χ3n) is 4.98. The molecule has 126 valence electrons. The zero-order valence-corrected chi connectivity index (χ0v) is 14.9. The largest absolute Gasteiger partial charge is 0.378 e. The molecule has 1 aromatic heterocycles. The molecule has 0 bridgehead atoms. The first-order valence-electron chi connectivity index (χ1n) is 8.67. The molecule has 0 unspecified atom stereocenters. The van der Waals surface area contributed by atoms with Crippen molar-refractivity contribution >= 4 is 28.4 Å². The topological polar surface area (TPSA) is 36.1 Å². The summed E-state index contributed by atoms with van der Waals surface area (Å²) in [5.74, 6) is 0.131. The second kappa shape index (κ2) is 5.92. The number of nitrogens with one attached hydrogen (secondary N) is 1. The molecule has 0 atom stereocenters. The average molecular weight is 330 g/mol. The van der Waals surface area contributed by atoms with E-state index in [0.29, 0.717) is 0 Å². The molecule has 2 aromatic carbocycles. The van der Waals surface area contributed by atoms with Crippen molar-refractivity contribution < 1.29 is 4.79 Å². The van der Waals surface area contributed by atoms with Gasteiger partial charge in [-0.1, -0.05) is 23.8 Å². The number of rotatable bonds is 2. The molecule has 0 spiro atoms. The van der Waals surface area contributed by atoms with Gasteiger partial charge in [-0.15, -0.1) is 0 Å². The van der Waals surface area contributed by atoms with Gasteiger partial charge in [0.25, 0.3) is 0 Å². The van der Waals surface area contributed by atoms with E-state index in [1.54, 1.807) is 0 Å². The van der Waals surface area contributed by atoms with Crippen LogP contribution in [0.3, 0.4) is 0 Å². The first-order valence-corrected chi connectivity index (χ1v) is 8.67. The van der Waals surface area contributed by atoms with Crippen LogP contribution in [0, 0.1) is 6.92 Å². The van der Waals surface area contributed by atoms with Crippen molar-refractivity contribution in [1.29, 1.82) is 0 Å². The van der Waals surface area contributed by atoms with E-state index in [-0.39, 0.29) is 5.78 Å². The summed E-state index contributed by atoms with van der Waals surface area (Å²) in [4.78, 5) is 18.3. The highest BCUT2D eigenvalue weighted by atomic mass is 16.1. The van der Waals surface area contributed by atoms with Crippen LogP contribution in [0.5, 0.6) is 0 Å². The molecule has 1 heterocycles. The lowest BCUT2D eigenvalue weighted by Gasteiger charge is -2.15. The number of benzene rings is 2. The van der Waals surface area contributed by atoms with Crippen molar-refractivity contribution in [3.8, 4) is 0 Å². The summed E-state index contributed by atoms with van der Waals surface area (Å²) in [5.41, 5.74) is 7.33. The molecule has 0 saturated carbocycles. The van der Waals surface area contributed by atoms with Gasteiger partial charge in [0.15, 0.2) is 0 Å². The van der Waals surface area contributed by atoms with E-state index in [2.05, 4.69) is 59.3 Å². The van der Waals surface area contributed by atoms with Gasteiger partial charge < -0.3 is 9.88 Å². The van der Waals surface area contributed by atoms with Crippen LogP contribution >= 0.6 is 0 Å². The zero-order valence-electron chi connectivity index (χ0n) is 14.9. The monoisotopic (exact) mass is 330 g/mol. The van der Waals surface area contributed by atoms with E-state index in [9.17, 15) is 4.79 Å². The number of H-pyrrole nitrogens is 1. The van der Waals surface area contributed by atoms with Crippen molar-refractivity contribution in [3.63, 3.8) is 0 Å². The number of carbonyl (C=O) groups excluding carboxylic acids is 1. The fourth-order valence-corrected chi connectivity index (χ4v) is 3.56. The third-order valence-corrected chi connectivity index (χ3v) is 4.98. The third kappa shape index (κ3) is 2.76. The van der Waals surface area contributed by atoms with Crippen LogP contribution in [0.25, 0.3) is 17.0 Å². The summed E-state index contributed by atoms with van der Waals surface area (Å²) in [6.45, 7) is 2.09. The van der Waals surface area contributed by atoms with Crippen molar-refractivity contribution in [1.82, 2.24) is 4.98 Å². The normalized spacial score (nSPS) is 15.6. The van der Waals surface area contributed by atoms with Crippen molar-refractivity contribution in [2.45, 2.75) is 19.8 Å².